The molecule has 0 radical (unpaired) electrons. The number of rotatable bonds is 3. The summed E-state index contributed by atoms with van der Waals surface area (Å²) >= 11 is 0. The Morgan fingerprint density at radius 3 is 2.58 bits per heavy atom. The van der Waals surface area contributed by atoms with Gasteiger partial charge in [-0.05, 0) is 6.07 Å². The van der Waals surface area contributed by atoms with Gasteiger partial charge in [-0.25, -0.2) is 9.97 Å². The Hall–Kier alpha value is -1.36. The summed E-state index contributed by atoms with van der Waals surface area (Å²) in [5.74, 6) is -0.604. The Morgan fingerprint density at radius 2 is 2.08 bits per heavy atom. The Kier molecular flexibility index (Phi) is 4.71. The van der Waals surface area contributed by atoms with E-state index in [1.54, 1.807) is 6.07 Å². The van der Waals surface area contributed by atoms with Crippen molar-refractivity contribution in [2.24, 2.45) is 0 Å². The van der Waals surface area contributed by atoms with Crippen LogP contribution in [0.1, 0.15) is 0 Å². The number of hydrogen-bond acceptors (Lipinski definition) is 4. The summed E-state index contributed by atoms with van der Waals surface area (Å²) < 4.78 is 0. The molecule has 1 heterocycles. The SMILES string of the molecule is Cl.O=C(O)CNc1ncccn1. The average molecular weight is 190 g/mol. The number of nitrogens with one attached hydrogen (secondary N) is 1. The maximum absolute atomic E-state index is 10.1. The summed E-state index contributed by atoms with van der Waals surface area (Å²) in [5, 5.41) is 10.8. The lowest BCUT2D eigenvalue weighted by molar-refractivity contribution is -0.134. The molecule has 0 fully saturated rings. The van der Waals surface area contributed by atoms with E-state index in [0.29, 0.717) is 5.95 Å². The number of anilines is 1. The molecule has 6 heteroatoms. The normalized spacial score (nSPS) is 8.33. The topological polar surface area (TPSA) is 75.1 Å². The van der Waals surface area contributed by atoms with E-state index in [1.165, 1.54) is 12.4 Å². The first-order valence-electron chi connectivity index (χ1n) is 3.02. The van der Waals surface area contributed by atoms with Crippen LogP contribution in [0.4, 0.5) is 5.95 Å². The van der Waals surface area contributed by atoms with Crippen LogP contribution in [-0.4, -0.2) is 27.6 Å². The van der Waals surface area contributed by atoms with Gasteiger partial charge in [0.05, 0.1) is 0 Å². The van der Waals surface area contributed by atoms with Crippen molar-refractivity contribution in [1.82, 2.24) is 9.97 Å². The van der Waals surface area contributed by atoms with Crippen LogP contribution in [0.5, 0.6) is 0 Å². The first kappa shape index (κ1) is 10.6. The summed E-state index contributed by atoms with van der Waals surface area (Å²) in [5.41, 5.74) is 0. The van der Waals surface area contributed by atoms with Crippen molar-refractivity contribution < 1.29 is 9.90 Å². The second-order valence-electron chi connectivity index (χ2n) is 1.82. The van der Waals surface area contributed by atoms with Crippen molar-refractivity contribution >= 4 is 24.3 Å². The Balaban J connectivity index is 0.00000121. The summed E-state index contributed by atoms with van der Waals surface area (Å²) in [4.78, 5) is 17.6. The summed E-state index contributed by atoms with van der Waals surface area (Å²) in [7, 11) is 0. The maximum atomic E-state index is 10.1. The van der Waals surface area contributed by atoms with Crippen LogP contribution >= 0.6 is 12.4 Å². The highest BCUT2D eigenvalue weighted by atomic mass is 35.5. The minimum absolute atomic E-state index is 0. The van der Waals surface area contributed by atoms with Crippen LogP contribution in [0.3, 0.4) is 0 Å². The molecule has 1 aromatic rings. The molecule has 0 spiro atoms. The Labute approximate surface area is 75.3 Å². The third kappa shape index (κ3) is 3.72. The van der Waals surface area contributed by atoms with Crippen molar-refractivity contribution in [2.45, 2.75) is 0 Å². The first-order valence-corrected chi connectivity index (χ1v) is 3.02. The van der Waals surface area contributed by atoms with Crippen molar-refractivity contribution in [1.29, 1.82) is 0 Å². The number of carbonyl (C=O) groups is 1. The van der Waals surface area contributed by atoms with E-state index in [-0.39, 0.29) is 19.0 Å². The zero-order valence-corrected chi connectivity index (χ0v) is 6.91. The molecule has 0 saturated heterocycles. The Morgan fingerprint density at radius 1 is 1.50 bits per heavy atom. The number of halogens is 1. The third-order valence-corrected chi connectivity index (χ3v) is 0.964. The fraction of sp³-hybridized carbons (Fsp3) is 0.167. The molecule has 0 unspecified atom stereocenters. The molecule has 1 rings (SSSR count). The van der Waals surface area contributed by atoms with Gasteiger partial charge >= 0.3 is 5.97 Å². The summed E-state index contributed by atoms with van der Waals surface area (Å²) in [6, 6.07) is 1.66. The van der Waals surface area contributed by atoms with Gasteiger partial charge in [-0.15, -0.1) is 12.4 Å². The molecule has 2 N–H and O–H groups in total. The average Bonchev–Trinajstić information content (AvgIpc) is 2.03. The van der Waals surface area contributed by atoms with Crippen LogP contribution in [0.25, 0.3) is 0 Å². The van der Waals surface area contributed by atoms with Crippen LogP contribution < -0.4 is 5.32 Å². The number of carboxylic acid groups (broad SMARTS) is 1. The van der Waals surface area contributed by atoms with Gasteiger partial charge in [0.1, 0.15) is 6.54 Å². The molecule has 0 aliphatic rings. The lowest BCUT2D eigenvalue weighted by Crippen LogP contribution is -2.13. The molecule has 0 bridgehead atoms. The lowest BCUT2D eigenvalue weighted by Gasteiger charge is -1.97. The van der Waals surface area contributed by atoms with E-state index in [4.69, 9.17) is 5.11 Å². The van der Waals surface area contributed by atoms with Gasteiger partial charge in [-0.2, -0.15) is 0 Å². The van der Waals surface area contributed by atoms with E-state index in [9.17, 15) is 4.79 Å². The minimum atomic E-state index is -0.933. The Bertz CT molecular complexity index is 242. The second kappa shape index (κ2) is 5.31. The van der Waals surface area contributed by atoms with Gasteiger partial charge in [0.25, 0.3) is 0 Å². The van der Waals surface area contributed by atoms with Gasteiger partial charge < -0.3 is 10.4 Å². The van der Waals surface area contributed by atoms with E-state index in [2.05, 4.69) is 15.3 Å². The number of aliphatic carboxylic acids is 1. The smallest absolute Gasteiger partial charge is 0.322 e. The van der Waals surface area contributed by atoms with Gasteiger partial charge in [0, 0.05) is 12.4 Å². The minimum Gasteiger partial charge on any atom is -0.480 e. The van der Waals surface area contributed by atoms with Crippen molar-refractivity contribution in [2.75, 3.05) is 11.9 Å². The molecule has 12 heavy (non-hydrogen) atoms. The summed E-state index contributed by atoms with van der Waals surface area (Å²) in [6.07, 6.45) is 3.08. The molecule has 5 nitrogen and oxygen atoms in total. The zero-order valence-electron chi connectivity index (χ0n) is 6.10. The van der Waals surface area contributed by atoms with E-state index >= 15 is 0 Å². The predicted molar refractivity (Wildman–Crippen MR) is 45.4 cm³/mol. The van der Waals surface area contributed by atoms with E-state index in [1.807, 2.05) is 0 Å². The molecule has 0 atom stereocenters. The van der Waals surface area contributed by atoms with E-state index in [0.717, 1.165) is 0 Å². The third-order valence-electron chi connectivity index (χ3n) is 0.964. The molecule has 1 aromatic heterocycles. The quantitative estimate of drug-likeness (QED) is 0.720. The number of carboxylic acids is 1. The van der Waals surface area contributed by atoms with Gasteiger partial charge in [0.2, 0.25) is 5.95 Å². The fourth-order valence-electron chi connectivity index (χ4n) is 0.545. The first-order chi connectivity index (χ1) is 5.29. The van der Waals surface area contributed by atoms with Gasteiger partial charge in [-0.3, -0.25) is 4.79 Å². The second-order valence-corrected chi connectivity index (χ2v) is 1.82. The number of aromatic nitrogens is 2. The highest BCUT2D eigenvalue weighted by Crippen LogP contribution is 1.91. The van der Waals surface area contributed by atoms with Gasteiger partial charge in [-0.1, -0.05) is 0 Å². The van der Waals surface area contributed by atoms with Crippen LogP contribution in [-0.2, 0) is 4.79 Å². The monoisotopic (exact) mass is 189 g/mol. The molecular weight excluding hydrogens is 182 g/mol. The van der Waals surface area contributed by atoms with Crippen LogP contribution in [0, 0.1) is 0 Å². The van der Waals surface area contributed by atoms with Crippen LogP contribution in [0.2, 0.25) is 0 Å². The molecule has 0 saturated carbocycles. The van der Waals surface area contributed by atoms with E-state index < -0.39 is 5.97 Å². The number of hydrogen-bond donors (Lipinski definition) is 2. The lowest BCUT2D eigenvalue weighted by atomic mass is 10.6. The zero-order chi connectivity index (χ0) is 8.10. The highest BCUT2D eigenvalue weighted by molar-refractivity contribution is 5.85. The highest BCUT2D eigenvalue weighted by Gasteiger charge is 1.96. The molecule has 0 aromatic carbocycles. The van der Waals surface area contributed by atoms with Crippen LogP contribution in [0.15, 0.2) is 18.5 Å². The molecule has 66 valence electrons. The fourth-order valence-corrected chi connectivity index (χ4v) is 0.545. The van der Waals surface area contributed by atoms with Crippen molar-refractivity contribution in [3.63, 3.8) is 0 Å². The molecule has 0 amide bonds. The molecule has 0 aliphatic carbocycles. The standard InChI is InChI=1S/C6H7N3O2.ClH/c10-5(11)4-9-6-7-2-1-3-8-6;/h1-3H,4H2,(H,10,11)(H,7,8,9);1H. The van der Waals surface area contributed by atoms with Gasteiger partial charge in [0.15, 0.2) is 0 Å². The van der Waals surface area contributed by atoms with Crippen molar-refractivity contribution in [3.05, 3.63) is 18.5 Å². The van der Waals surface area contributed by atoms with Crippen molar-refractivity contribution in [3.8, 4) is 0 Å². The molecule has 0 aliphatic heterocycles. The number of nitrogens with zero attached hydrogens (tertiary/aromatic N) is 2. The largest absolute Gasteiger partial charge is 0.480 e. The summed E-state index contributed by atoms with van der Waals surface area (Å²) in [6.45, 7) is -0.163. The predicted octanol–water partition coefficient (Wildman–Crippen LogP) is 0.395. The maximum Gasteiger partial charge on any atom is 0.322 e. The molecular formula is C6H8ClN3O2.